The van der Waals surface area contributed by atoms with Crippen LogP contribution >= 0.6 is 0 Å². The molecule has 0 N–H and O–H groups in total. The van der Waals surface area contributed by atoms with Crippen molar-refractivity contribution in [3.63, 3.8) is 0 Å². The first kappa shape index (κ1) is 45.5. The van der Waals surface area contributed by atoms with Crippen LogP contribution in [0.2, 0.25) is 0 Å². The summed E-state index contributed by atoms with van der Waals surface area (Å²) < 4.78 is 9.23. The topological polar surface area (TPSA) is 72.2 Å². The van der Waals surface area contributed by atoms with E-state index in [-0.39, 0.29) is 37.3 Å². The molecule has 6 aromatic carbocycles. The molecule has 0 spiro atoms. The molecule has 67 heavy (non-hydrogen) atoms. The Morgan fingerprint density at radius 2 is 1.13 bits per heavy atom. The van der Waals surface area contributed by atoms with Crippen molar-refractivity contribution < 1.29 is 25.8 Å². The molecule has 3 aromatic heterocycles. The monoisotopic (exact) mass is 1060 g/mol. The van der Waals surface area contributed by atoms with E-state index in [4.69, 9.17) is 24.7 Å². The number of ether oxygens (including phenoxy) is 1. The Labute approximate surface area is 409 Å². The van der Waals surface area contributed by atoms with Gasteiger partial charge in [-0.1, -0.05) is 147 Å². The largest absolute Gasteiger partial charge is 0.508 e. The van der Waals surface area contributed by atoms with E-state index in [9.17, 15) is 0 Å². The second-order valence-corrected chi connectivity index (χ2v) is 20.3. The van der Waals surface area contributed by atoms with Gasteiger partial charge in [-0.3, -0.25) is 0 Å². The molecule has 0 saturated heterocycles. The zero-order valence-corrected chi connectivity index (χ0v) is 42.0. The molecule has 0 atom stereocenters. The molecule has 0 fully saturated rings. The number of nitrogens with zero attached hydrogens (tertiary/aromatic N) is 7. The van der Waals surface area contributed by atoms with E-state index in [0.717, 1.165) is 55.8 Å². The van der Waals surface area contributed by atoms with Crippen LogP contribution in [0.4, 0.5) is 17.1 Å². The molecular formula is C58H54N7OPt-3. The summed E-state index contributed by atoms with van der Waals surface area (Å²) in [5.74, 6) is 3.36. The van der Waals surface area contributed by atoms with Crippen LogP contribution in [0.25, 0.3) is 61.8 Å². The number of anilines is 3. The van der Waals surface area contributed by atoms with E-state index in [1.165, 1.54) is 16.7 Å². The summed E-state index contributed by atoms with van der Waals surface area (Å²) in [6, 6.07) is 53.6. The van der Waals surface area contributed by atoms with Crippen molar-refractivity contribution >= 4 is 38.9 Å². The third kappa shape index (κ3) is 8.76. The number of fused-ring (bicyclic) bond motifs is 4. The van der Waals surface area contributed by atoms with Crippen molar-refractivity contribution in [1.82, 2.24) is 24.5 Å². The van der Waals surface area contributed by atoms with Crippen LogP contribution in [0.15, 0.2) is 140 Å². The molecule has 0 unspecified atom stereocenters. The van der Waals surface area contributed by atoms with Crippen LogP contribution in [-0.2, 0) is 37.3 Å². The van der Waals surface area contributed by atoms with Gasteiger partial charge in [-0.25, -0.2) is 19.9 Å². The van der Waals surface area contributed by atoms with Crippen molar-refractivity contribution in [2.75, 3.05) is 16.8 Å². The average Bonchev–Trinajstić information content (AvgIpc) is 3.81. The molecule has 0 amide bonds. The number of aromatic nitrogens is 5. The molecule has 340 valence electrons. The molecule has 10 rings (SSSR count). The van der Waals surface area contributed by atoms with Gasteiger partial charge in [0.1, 0.15) is 11.6 Å². The van der Waals surface area contributed by atoms with Gasteiger partial charge >= 0.3 is 0 Å². The number of hydrogen-bond acceptors (Lipinski definition) is 7. The SMILES string of the molecule is CN1[CH-]N(c2[c-]c(Oc3[c-]c4c(cc3-c3nc(-c5ccc(C(C)(C)C)cc5)nc(-c5ccc(C(C)(C)C)cc5)n3)c3ccccc3n4-c3cc(C(C)(C)C)ccn3)ccc2)c2ccccc21.[Pt]. The van der Waals surface area contributed by atoms with Crippen LogP contribution in [-0.4, -0.2) is 31.6 Å². The second-order valence-electron chi connectivity index (χ2n) is 20.3. The zero-order chi connectivity index (χ0) is 46.1. The number of pyridine rings is 1. The fourth-order valence-corrected chi connectivity index (χ4v) is 8.61. The van der Waals surface area contributed by atoms with E-state index < -0.39 is 0 Å². The molecular weight excluding hydrogens is 1010 g/mol. The van der Waals surface area contributed by atoms with Gasteiger partial charge in [-0.05, 0) is 81.3 Å². The number of rotatable bonds is 7. The summed E-state index contributed by atoms with van der Waals surface area (Å²) in [4.78, 5) is 24.9. The van der Waals surface area contributed by atoms with E-state index >= 15 is 0 Å². The first-order valence-electron chi connectivity index (χ1n) is 22.6. The minimum absolute atomic E-state index is 0. The minimum atomic E-state index is -0.0845. The molecule has 4 heterocycles. The Bertz CT molecular complexity index is 3210. The third-order valence-corrected chi connectivity index (χ3v) is 12.4. The predicted molar refractivity (Wildman–Crippen MR) is 270 cm³/mol. The predicted octanol–water partition coefficient (Wildman–Crippen LogP) is 14.4. The van der Waals surface area contributed by atoms with Gasteiger partial charge in [0.2, 0.25) is 0 Å². The molecule has 1 aliphatic heterocycles. The van der Waals surface area contributed by atoms with Crippen molar-refractivity contribution in [3.05, 3.63) is 175 Å². The normalized spacial score (nSPS) is 13.0. The summed E-state index contributed by atoms with van der Waals surface area (Å²) in [7, 11) is 2.05. The maximum Gasteiger partial charge on any atom is 0.162 e. The molecule has 9 heteroatoms. The second kappa shape index (κ2) is 17.2. The van der Waals surface area contributed by atoms with Crippen molar-refractivity contribution in [2.24, 2.45) is 0 Å². The Morgan fingerprint density at radius 3 is 1.76 bits per heavy atom. The van der Waals surface area contributed by atoms with Gasteiger partial charge in [-0.2, -0.15) is 12.7 Å². The van der Waals surface area contributed by atoms with Gasteiger partial charge in [0.15, 0.2) is 11.6 Å². The number of benzene rings is 6. The minimum Gasteiger partial charge on any atom is -0.508 e. The van der Waals surface area contributed by atoms with Crippen LogP contribution in [0.3, 0.4) is 0 Å². The summed E-state index contributed by atoms with van der Waals surface area (Å²) in [6.45, 7) is 22.1. The van der Waals surface area contributed by atoms with Gasteiger partial charge in [-0.15, -0.1) is 41.4 Å². The molecule has 0 saturated carbocycles. The maximum atomic E-state index is 7.05. The van der Waals surface area contributed by atoms with Crippen LogP contribution in [0.5, 0.6) is 11.5 Å². The molecule has 1 aliphatic rings. The molecule has 0 radical (unpaired) electrons. The number of para-hydroxylation sites is 3. The van der Waals surface area contributed by atoms with Gasteiger partial charge in [0, 0.05) is 66.8 Å². The smallest absolute Gasteiger partial charge is 0.162 e. The Kier molecular flexibility index (Phi) is 11.7. The van der Waals surface area contributed by atoms with E-state index in [0.29, 0.717) is 34.5 Å². The van der Waals surface area contributed by atoms with E-state index in [1.54, 1.807) is 0 Å². The maximum absolute atomic E-state index is 7.05. The van der Waals surface area contributed by atoms with Crippen LogP contribution in [0, 0.1) is 18.8 Å². The first-order chi connectivity index (χ1) is 31.5. The molecule has 8 nitrogen and oxygen atoms in total. The Morgan fingerprint density at radius 1 is 0.552 bits per heavy atom. The summed E-state index contributed by atoms with van der Waals surface area (Å²) in [5.41, 5.74) is 10.8. The van der Waals surface area contributed by atoms with Gasteiger partial charge in [0.05, 0.1) is 0 Å². The molecule has 9 aromatic rings. The van der Waals surface area contributed by atoms with Crippen molar-refractivity contribution in [1.29, 1.82) is 0 Å². The summed E-state index contributed by atoms with van der Waals surface area (Å²) in [5, 5.41) is 2.01. The average molecular weight is 1060 g/mol. The Balaban J connectivity index is 0.00000562. The third-order valence-electron chi connectivity index (χ3n) is 12.4. The summed E-state index contributed by atoms with van der Waals surface area (Å²) >= 11 is 0. The van der Waals surface area contributed by atoms with Crippen LogP contribution in [0.1, 0.15) is 79.0 Å². The molecule has 0 bridgehead atoms. The fourth-order valence-electron chi connectivity index (χ4n) is 8.61. The first-order valence-corrected chi connectivity index (χ1v) is 22.6. The van der Waals surface area contributed by atoms with Crippen molar-refractivity contribution in [3.8, 4) is 51.5 Å². The fraction of sp³-hybridized carbons (Fsp3) is 0.224. The van der Waals surface area contributed by atoms with Crippen LogP contribution < -0.4 is 14.5 Å². The summed E-state index contributed by atoms with van der Waals surface area (Å²) in [6.07, 6.45) is 1.89. The van der Waals surface area contributed by atoms with Gasteiger partial charge in [0.25, 0.3) is 0 Å². The van der Waals surface area contributed by atoms with Crippen molar-refractivity contribution in [2.45, 2.75) is 78.6 Å². The van der Waals surface area contributed by atoms with Gasteiger partial charge < -0.3 is 19.1 Å². The molecule has 0 aliphatic carbocycles. The van der Waals surface area contributed by atoms with E-state index in [2.05, 4.69) is 218 Å². The van der Waals surface area contributed by atoms with E-state index in [1.807, 2.05) is 24.4 Å². The standard InChI is InChI=1S/C58H54N7O.Pt/c1-56(2,3)39-26-22-37(23-27-39)53-60-54(38-24-28-40(29-25-38)57(4,5)6)62-55(61-53)46-34-45-44-18-11-12-19-47(44)65(52-32-41(30-31-59-52)58(7,8)9)50(45)35-51(46)66-43-17-15-16-42(33-43)64-36-63(10)48-20-13-14-21-49(48)64;/h11-32,34,36H,1-10H3;/q-3;. The number of hydrogen-bond donors (Lipinski definition) is 0. The Hall–Kier alpha value is -6.63. The quantitative estimate of drug-likeness (QED) is 0.147. The zero-order valence-electron chi connectivity index (χ0n) is 39.7.